The van der Waals surface area contributed by atoms with Gasteiger partial charge in [-0.3, -0.25) is 15.0 Å². The number of alkyl carbamates (subject to hydrolysis) is 1. The lowest BCUT2D eigenvalue weighted by Crippen LogP contribution is -2.49. The third-order valence-corrected chi connectivity index (χ3v) is 3.91. The van der Waals surface area contributed by atoms with Gasteiger partial charge in [-0.15, -0.1) is 0 Å². The molecule has 1 aromatic carbocycles. The van der Waals surface area contributed by atoms with Crippen LogP contribution in [0.15, 0.2) is 29.4 Å². The Bertz CT molecular complexity index is 785. The predicted molar refractivity (Wildman–Crippen MR) is 106 cm³/mol. The minimum atomic E-state index is -0.660. The molecule has 0 radical (unpaired) electrons. The van der Waals surface area contributed by atoms with E-state index in [0.717, 1.165) is 6.21 Å². The molecule has 0 aliphatic heterocycles. The summed E-state index contributed by atoms with van der Waals surface area (Å²) >= 11 is 0. The number of nitrogens with zero attached hydrogens (tertiary/aromatic N) is 1. The van der Waals surface area contributed by atoms with E-state index in [1.54, 1.807) is 45.0 Å². The minimum absolute atomic E-state index is 0.0478. The quantitative estimate of drug-likeness (QED) is 0.438. The fourth-order valence-electron chi connectivity index (χ4n) is 2.79. The summed E-state index contributed by atoms with van der Waals surface area (Å²) in [4.78, 5) is 36.6. The van der Waals surface area contributed by atoms with Crippen LogP contribution in [-0.4, -0.2) is 47.9 Å². The van der Waals surface area contributed by atoms with E-state index in [1.807, 2.05) is 0 Å². The summed E-state index contributed by atoms with van der Waals surface area (Å²) < 4.78 is 5.23. The van der Waals surface area contributed by atoms with Crippen LogP contribution >= 0.6 is 0 Å². The standard InChI is InChI=1S/C19H25N5O4/c1-19(2,3)28-18(27)23-16-11-12(25)10-15(16)22-17(26)13-6-4-5-7-14(13)24-21-9-8-20/h4-9,15-16,20,24H,10-11H2,1-3H3,(H,22,26)(H,23,27)/b20-8?,21-9-. The zero-order chi connectivity index (χ0) is 20.7. The lowest BCUT2D eigenvalue weighted by atomic mass is 10.1. The fourth-order valence-corrected chi connectivity index (χ4v) is 2.79. The number of hydrogen-bond donors (Lipinski definition) is 4. The Hall–Kier alpha value is -3.23. The number of ketones is 1. The molecule has 2 atom stereocenters. The van der Waals surface area contributed by atoms with E-state index < -0.39 is 29.7 Å². The highest BCUT2D eigenvalue weighted by Gasteiger charge is 2.36. The van der Waals surface area contributed by atoms with E-state index in [-0.39, 0.29) is 18.6 Å². The van der Waals surface area contributed by atoms with E-state index in [9.17, 15) is 14.4 Å². The molecule has 150 valence electrons. The molecule has 1 saturated carbocycles. The minimum Gasteiger partial charge on any atom is -0.444 e. The molecule has 0 aromatic heterocycles. The Morgan fingerprint density at radius 2 is 1.82 bits per heavy atom. The third kappa shape index (κ3) is 6.19. The zero-order valence-electron chi connectivity index (χ0n) is 16.1. The Morgan fingerprint density at radius 1 is 1.18 bits per heavy atom. The topological polar surface area (TPSA) is 133 Å². The van der Waals surface area contributed by atoms with Crippen LogP contribution in [0.4, 0.5) is 10.5 Å². The maximum atomic E-state index is 12.7. The lowest BCUT2D eigenvalue weighted by molar-refractivity contribution is -0.117. The molecule has 9 nitrogen and oxygen atoms in total. The third-order valence-electron chi connectivity index (χ3n) is 3.91. The zero-order valence-corrected chi connectivity index (χ0v) is 16.1. The van der Waals surface area contributed by atoms with Gasteiger partial charge >= 0.3 is 6.09 Å². The summed E-state index contributed by atoms with van der Waals surface area (Å²) in [6.07, 6.45) is 1.88. The van der Waals surface area contributed by atoms with Crippen molar-refractivity contribution in [2.45, 2.75) is 51.3 Å². The number of carbonyl (C=O) groups excluding carboxylic acids is 3. The van der Waals surface area contributed by atoms with Crippen molar-refractivity contribution >= 4 is 35.9 Å². The van der Waals surface area contributed by atoms with E-state index in [4.69, 9.17) is 10.1 Å². The Balaban J connectivity index is 2.07. The SMILES string of the molecule is CC(C)(C)OC(=O)NC1CC(=O)CC1NC(=O)c1ccccc1N/N=C\C=N. The molecular weight excluding hydrogens is 362 g/mol. The van der Waals surface area contributed by atoms with Gasteiger partial charge in [0, 0.05) is 19.1 Å². The summed E-state index contributed by atoms with van der Waals surface area (Å²) in [6.45, 7) is 5.24. The van der Waals surface area contributed by atoms with Gasteiger partial charge in [-0.2, -0.15) is 5.10 Å². The van der Waals surface area contributed by atoms with Gasteiger partial charge < -0.3 is 20.8 Å². The van der Waals surface area contributed by atoms with Gasteiger partial charge in [0.2, 0.25) is 0 Å². The smallest absolute Gasteiger partial charge is 0.407 e. The number of nitrogens with one attached hydrogen (secondary N) is 4. The molecule has 1 fully saturated rings. The monoisotopic (exact) mass is 387 g/mol. The van der Waals surface area contributed by atoms with Crippen molar-refractivity contribution in [2.24, 2.45) is 5.10 Å². The van der Waals surface area contributed by atoms with Gasteiger partial charge in [-0.25, -0.2) is 4.79 Å². The van der Waals surface area contributed by atoms with Crippen molar-refractivity contribution in [2.75, 3.05) is 5.43 Å². The predicted octanol–water partition coefficient (Wildman–Crippen LogP) is 2.09. The summed E-state index contributed by atoms with van der Waals surface area (Å²) in [5.74, 6) is -0.447. The van der Waals surface area contributed by atoms with Crippen molar-refractivity contribution in [3.05, 3.63) is 29.8 Å². The van der Waals surface area contributed by atoms with E-state index in [2.05, 4.69) is 21.2 Å². The van der Waals surface area contributed by atoms with Gasteiger partial charge in [0.1, 0.15) is 11.4 Å². The second-order valence-electron chi connectivity index (χ2n) is 7.38. The van der Waals surface area contributed by atoms with Crippen molar-refractivity contribution in [3.8, 4) is 0 Å². The lowest BCUT2D eigenvalue weighted by Gasteiger charge is -2.25. The number of hydrogen-bond acceptors (Lipinski definition) is 7. The molecule has 1 aliphatic carbocycles. The molecule has 1 aliphatic rings. The average Bonchev–Trinajstić information content (AvgIpc) is 2.92. The number of rotatable bonds is 6. The fraction of sp³-hybridized carbons (Fsp3) is 0.421. The van der Waals surface area contributed by atoms with Crippen LogP contribution in [0, 0.1) is 5.41 Å². The van der Waals surface area contributed by atoms with Crippen LogP contribution in [0.1, 0.15) is 44.0 Å². The van der Waals surface area contributed by atoms with Crippen molar-refractivity contribution in [1.29, 1.82) is 5.41 Å². The molecule has 2 rings (SSSR count). The highest BCUT2D eigenvalue weighted by Crippen LogP contribution is 2.20. The summed E-state index contributed by atoms with van der Waals surface area (Å²) in [5.41, 5.74) is 2.83. The van der Waals surface area contributed by atoms with Gasteiger partial charge in [-0.05, 0) is 32.9 Å². The van der Waals surface area contributed by atoms with Gasteiger partial charge in [0.05, 0.1) is 29.5 Å². The first-order valence-corrected chi connectivity index (χ1v) is 8.89. The number of para-hydroxylation sites is 1. The molecule has 9 heteroatoms. The summed E-state index contributed by atoms with van der Waals surface area (Å²) in [6, 6.07) is 5.66. The first kappa shape index (κ1) is 21.1. The first-order valence-electron chi connectivity index (χ1n) is 8.89. The van der Waals surface area contributed by atoms with Crippen LogP contribution in [-0.2, 0) is 9.53 Å². The number of benzene rings is 1. The van der Waals surface area contributed by atoms with Crippen LogP contribution in [0.25, 0.3) is 0 Å². The number of ether oxygens (including phenoxy) is 1. The van der Waals surface area contributed by atoms with Crippen molar-refractivity contribution in [3.63, 3.8) is 0 Å². The highest BCUT2D eigenvalue weighted by atomic mass is 16.6. The first-order chi connectivity index (χ1) is 13.2. The molecule has 0 heterocycles. The molecule has 4 N–H and O–H groups in total. The molecule has 0 spiro atoms. The highest BCUT2D eigenvalue weighted by molar-refractivity contribution is 6.14. The number of anilines is 1. The maximum absolute atomic E-state index is 12.7. The number of amides is 2. The largest absolute Gasteiger partial charge is 0.444 e. The van der Waals surface area contributed by atoms with Crippen LogP contribution in [0.3, 0.4) is 0 Å². The molecule has 28 heavy (non-hydrogen) atoms. The van der Waals surface area contributed by atoms with Crippen LogP contribution in [0.5, 0.6) is 0 Å². The van der Waals surface area contributed by atoms with Gasteiger partial charge in [0.15, 0.2) is 0 Å². The second kappa shape index (κ2) is 9.12. The van der Waals surface area contributed by atoms with Crippen molar-refractivity contribution < 1.29 is 19.1 Å². The van der Waals surface area contributed by atoms with Crippen LogP contribution in [0.2, 0.25) is 0 Å². The van der Waals surface area contributed by atoms with Crippen molar-refractivity contribution in [1.82, 2.24) is 10.6 Å². The maximum Gasteiger partial charge on any atom is 0.407 e. The molecular formula is C19H25N5O4. The van der Waals surface area contributed by atoms with Gasteiger partial charge in [-0.1, -0.05) is 12.1 Å². The Kier molecular flexibility index (Phi) is 6.86. The molecule has 0 bridgehead atoms. The molecule has 1 aromatic rings. The van der Waals surface area contributed by atoms with Crippen LogP contribution < -0.4 is 16.1 Å². The number of hydrazone groups is 1. The van der Waals surface area contributed by atoms with E-state index in [0.29, 0.717) is 11.3 Å². The average molecular weight is 387 g/mol. The molecule has 2 amide bonds. The molecule has 2 unspecified atom stereocenters. The Morgan fingerprint density at radius 3 is 2.46 bits per heavy atom. The van der Waals surface area contributed by atoms with E-state index in [1.165, 1.54) is 6.21 Å². The number of carbonyl (C=O) groups is 3. The Labute approximate surface area is 163 Å². The normalized spacial score (nSPS) is 19.3. The molecule has 0 saturated heterocycles. The second-order valence-corrected chi connectivity index (χ2v) is 7.38. The summed E-state index contributed by atoms with van der Waals surface area (Å²) in [5, 5.41) is 16.2. The summed E-state index contributed by atoms with van der Waals surface area (Å²) in [7, 11) is 0. The van der Waals surface area contributed by atoms with Gasteiger partial charge in [0.25, 0.3) is 5.91 Å². The van der Waals surface area contributed by atoms with E-state index >= 15 is 0 Å². The number of Topliss-reactive ketones (excluding diaryl/α,β-unsaturated/α-hetero) is 1.